The summed E-state index contributed by atoms with van der Waals surface area (Å²) in [4.78, 5) is 110. The lowest BCUT2D eigenvalue weighted by Crippen LogP contribution is -2.48. The number of nitrogens with zero attached hydrogens (tertiary/aromatic N) is 10. The highest BCUT2D eigenvalue weighted by molar-refractivity contribution is 7.22. The van der Waals surface area contributed by atoms with E-state index < -0.39 is 29.1 Å². The number of fused-ring (bicyclic) bond motifs is 4. The quantitative estimate of drug-likeness (QED) is 0.0273. The van der Waals surface area contributed by atoms with Gasteiger partial charge in [0, 0.05) is 114 Å². The van der Waals surface area contributed by atoms with Crippen LogP contribution >= 0.6 is 22.7 Å². The zero-order valence-corrected chi connectivity index (χ0v) is 68.0. The summed E-state index contributed by atoms with van der Waals surface area (Å²) in [5, 5.41) is 16.2. The zero-order chi connectivity index (χ0) is 80.2. The molecule has 0 atom stereocenters. The van der Waals surface area contributed by atoms with Gasteiger partial charge in [0.05, 0.1) is 53.3 Å². The molecule has 0 radical (unpaired) electrons. The molecule has 4 aliphatic heterocycles. The Bertz CT molecular complexity index is 5090. The monoisotopic (exact) mass is 1580 g/mol. The first-order valence-electron chi connectivity index (χ1n) is 39.1. The number of aliphatic carboxylic acids is 1. The number of benzene rings is 6. The average molecular weight is 1580 g/mol. The maximum Gasteiger partial charge on any atom is 0.358 e. The number of ether oxygens (including phenoxy) is 5. The predicted molar refractivity (Wildman–Crippen MR) is 447 cm³/mol. The molecular formula is C88H100N12O12S2. The number of rotatable bonds is 25. The summed E-state index contributed by atoms with van der Waals surface area (Å²) < 4.78 is 31.2. The van der Waals surface area contributed by atoms with Crippen LogP contribution in [0.15, 0.2) is 146 Å². The lowest BCUT2D eigenvalue weighted by atomic mass is 9.94. The molecule has 4 aliphatic rings. The number of carboxylic acid groups (broad SMARTS) is 1. The molecule has 0 saturated carbocycles. The van der Waals surface area contributed by atoms with Crippen molar-refractivity contribution in [3.63, 3.8) is 0 Å². The molecule has 2 saturated heterocycles. The molecule has 2 amide bonds. The van der Waals surface area contributed by atoms with Crippen LogP contribution in [0.4, 0.5) is 21.9 Å². The number of hydrogen-bond donors (Lipinski definition) is 3. The summed E-state index contributed by atoms with van der Waals surface area (Å²) in [7, 11) is 0. The zero-order valence-electron chi connectivity index (χ0n) is 66.3. The molecule has 3 N–H and O–H groups in total. The van der Waals surface area contributed by atoms with Crippen molar-refractivity contribution in [1.29, 1.82) is 0 Å². The van der Waals surface area contributed by atoms with Gasteiger partial charge in [-0.05, 0) is 217 Å². The van der Waals surface area contributed by atoms with Crippen LogP contribution in [0.2, 0.25) is 0 Å². The van der Waals surface area contributed by atoms with E-state index in [2.05, 4.69) is 57.2 Å². The highest BCUT2D eigenvalue weighted by Gasteiger charge is 2.32. The second kappa shape index (κ2) is 36.6. The summed E-state index contributed by atoms with van der Waals surface area (Å²) in [6.07, 6.45) is 3.16. The summed E-state index contributed by atoms with van der Waals surface area (Å²) in [5.41, 5.74) is 10.9. The lowest BCUT2D eigenvalue weighted by molar-refractivity contribution is -0.145. The molecular weight excluding hydrogens is 1480 g/mol. The smallest absolute Gasteiger partial charge is 0.358 e. The predicted octanol–water partition coefficient (Wildman–Crippen LogP) is 14.3. The fourth-order valence-electron chi connectivity index (χ4n) is 14.7. The number of pyridine rings is 2. The average Bonchev–Trinajstić information content (AvgIpc) is 1.12. The van der Waals surface area contributed by atoms with Crippen molar-refractivity contribution in [2.24, 2.45) is 0 Å². The van der Waals surface area contributed by atoms with E-state index in [0.717, 1.165) is 161 Å². The number of aryl methyl sites for hydroxylation is 2. The summed E-state index contributed by atoms with van der Waals surface area (Å²) in [5.74, 6) is 0.393. The van der Waals surface area contributed by atoms with Crippen LogP contribution in [0.1, 0.15) is 136 Å². The van der Waals surface area contributed by atoms with Gasteiger partial charge in [0.2, 0.25) is 0 Å². The van der Waals surface area contributed by atoms with E-state index in [1.807, 2.05) is 201 Å². The lowest BCUT2D eigenvalue weighted by Gasteiger charge is -2.34. The van der Waals surface area contributed by atoms with Gasteiger partial charge in [-0.3, -0.25) is 39.6 Å². The van der Waals surface area contributed by atoms with Gasteiger partial charge in [-0.1, -0.05) is 83.3 Å². The second-order valence-corrected chi connectivity index (χ2v) is 33.1. The summed E-state index contributed by atoms with van der Waals surface area (Å²) in [6, 6.07) is 46.8. The van der Waals surface area contributed by atoms with Gasteiger partial charge in [0.1, 0.15) is 34.3 Å². The minimum Gasteiger partial charge on any atom is -0.494 e. The topological polar surface area (TPSA) is 264 Å². The van der Waals surface area contributed by atoms with E-state index in [1.54, 1.807) is 0 Å². The molecule has 26 heteroatoms. The van der Waals surface area contributed by atoms with Gasteiger partial charge in [-0.15, -0.1) is 0 Å². The maximum atomic E-state index is 13.8. The third kappa shape index (κ3) is 21.0. The third-order valence-corrected chi connectivity index (χ3v) is 22.3. The largest absolute Gasteiger partial charge is 0.494 e. The van der Waals surface area contributed by atoms with E-state index in [-0.39, 0.29) is 35.7 Å². The number of amides is 2. The van der Waals surface area contributed by atoms with Crippen LogP contribution in [0.25, 0.3) is 42.7 Å². The molecule has 114 heavy (non-hydrogen) atoms. The van der Waals surface area contributed by atoms with Crippen LogP contribution in [0.3, 0.4) is 0 Å². The minimum atomic E-state index is -0.786. The molecule has 14 rings (SSSR count). The van der Waals surface area contributed by atoms with Gasteiger partial charge in [0.25, 0.3) is 11.8 Å². The SMILES string of the molecule is CCOC(=O)CN1CCN(CCCOc2ccc(-c3ccc(N4CCc5cccc(C(=O)Nc6nc7ccccc7s6)c5C4)nc3C(=O)OC(C)(C)C)c(C)c2)CC1.Cc1cc(OCCCN2CCN(CC(=O)O)CC2)ccc1-c1ccc(N2CCc3cccc(C(=O)Nc4nc5ccccc5s4)c3C2)nc1C(=O)OC(C)(C)C. The molecule has 0 spiro atoms. The Labute approximate surface area is 673 Å². The van der Waals surface area contributed by atoms with Gasteiger partial charge < -0.3 is 48.4 Å². The number of hydrogen-bond acceptors (Lipinski definition) is 23. The first-order chi connectivity index (χ1) is 54.8. The minimum absolute atomic E-state index is 0.0921. The maximum absolute atomic E-state index is 13.8. The molecule has 24 nitrogen and oxygen atoms in total. The number of carbonyl (C=O) groups is 6. The Morgan fingerprint density at radius 3 is 1.29 bits per heavy atom. The van der Waals surface area contributed by atoms with Crippen molar-refractivity contribution in [2.45, 2.75) is 112 Å². The molecule has 4 aromatic heterocycles. The fourth-order valence-corrected chi connectivity index (χ4v) is 16.5. The van der Waals surface area contributed by atoms with Gasteiger partial charge in [0.15, 0.2) is 21.7 Å². The Kier molecular flexibility index (Phi) is 26.1. The molecule has 0 aliphatic carbocycles. The Morgan fingerprint density at radius 1 is 0.474 bits per heavy atom. The Balaban J connectivity index is 0.000000199. The van der Waals surface area contributed by atoms with Gasteiger partial charge in [-0.2, -0.15) is 0 Å². The van der Waals surface area contributed by atoms with Crippen molar-refractivity contribution in [3.05, 3.63) is 201 Å². The number of piperazine rings is 2. The number of carboxylic acids is 1. The number of para-hydroxylation sites is 2. The number of thiazole rings is 2. The van der Waals surface area contributed by atoms with Crippen molar-refractivity contribution in [3.8, 4) is 33.8 Å². The van der Waals surface area contributed by atoms with Crippen molar-refractivity contribution >= 4 is 101 Å². The Hall–Kier alpha value is -10.7. The molecule has 0 unspecified atom stereocenters. The van der Waals surface area contributed by atoms with Crippen molar-refractivity contribution in [2.75, 3.05) is 132 Å². The Morgan fingerprint density at radius 2 is 0.886 bits per heavy atom. The van der Waals surface area contributed by atoms with Crippen LogP contribution in [-0.4, -0.2) is 203 Å². The van der Waals surface area contributed by atoms with E-state index in [1.165, 1.54) is 22.7 Å². The van der Waals surface area contributed by atoms with E-state index >= 15 is 0 Å². The molecule has 0 bridgehead atoms. The number of aromatic nitrogens is 4. The number of nitrogens with one attached hydrogen (secondary N) is 2. The highest BCUT2D eigenvalue weighted by Crippen LogP contribution is 2.38. The molecule has 8 heterocycles. The van der Waals surface area contributed by atoms with Crippen molar-refractivity contribution in [1.82, 2.24) is 39.5 Å². The van der Waals surface area contributed by atoms with E-state index in [4.69, 9.17) is 38.8 Å². The number of anilines is 4. The number of esters is 3. The molecule has 596 valence electrons. The van der Waals surface area contributed by atoms with Crippen LogP contribution in [0, 0.1) is 13.8 Å². The van der Waals surface area contributed by atoms with E-state index in [9.17, 15) is 28.8 Å². The third-order valence-electron chi connectivity index (χ3n) is 20.4. The molecule has 10 aromatic rings. The van der Waals surface area contributed by atoms with Gasteiger partial charge in [-0.25, -0.2) is 29.5 Å². The van der Waals surface area contributed by atoms with Crippen molar-refractivity contribution < 1.29 is 57.6 Å². The van der Waals surface area contributed by atoms with Crippen LogP contribution in [0.5, 0.6) is 11.5 Å². The summed E-state index contributed by atoms with van der Waals surface area (Å²) in [6.45, 7) is 29.7. The van der Waals surface area contributed by atoms with E-state index in [0.29, 0.717) is 103 Å². The van der Waals surface area contributed by atoms with Crippen LogP contribution < -0.4 is 29.9 Å². The standard InChI is InChI=1S/C45H52N6O6S.C43H48N6O6S/c1-6-55-40(52)29-50-24-22-49(23-25-50)20-10-26-56-32-15-16-33(30(2)27-32)34-17-18-39(47-41(34)43(54)57-45(3,4)5)51-21-19-31-11-9-12-35(36(31)28-51)42(53)48-44-46-37-13-7-8-14-38(37)58-44;1-28-25-30(54-24-8-18-47-20-22-48(23-21-47)27-38(50)51)13-14-31(28)32-15-16-37(45-39(32)41(53)55-43(2,3)4)49-19-17-29-9-7-10-33(34(29)26-49)40(52)46-42-44-35-11-5-6-12-36(35)56-42/h7-9,11-18,27H,6,10,19-26,28-29H2,1-5H3,(H,46,48,53);5-7,9-16,25H,8,17-24,26-27H2,1-4H3,(H,50,51)(H,44,46,52). The molecule has 6 aromatic carbocycles. The fraction of sp³-hybridized carbons (Fsp3) is 0.386. The first-order valence-corrected chi connectivity index (χ1v) is 40.8. The highest BCUT2D eigenvalue weighted by atomic mass is 32.1. The normalized spacial score (nSPS) is 15.0. The van der Waals surface area contributed by atoms with Crippen LogP contribution in [-0.2, 0) is 49.7 Å². The summed E-state index contributed by atoms with van der Waals surface area (Å²) >= 11 is 2.89. The number of carbonyl (C=O) groups excluding carboxylic acids is 5. The molecule has 2 fully saturated rings. The first kappa shape index (κ1) is 81.3. The second-order valence-electron chi connectivity index (χ2n) is 31.0. The van der Waals surface area contributed by atoms with Gasteiger partial charge >= 0.3 is 23.9 Å².